The Bertz CT molecular complexity index is 422. The molecule has 1 aromatic rings. The van der Waals surface area contributed by atoms with Crippen LogP contribution >= 0.6 is 0 Å². The van der Waals surface area contributed by atoms with E-state index in [0.29, 0.717) is 13.1 Å². The van der Waals surface area contributed by atoms with E-state index in [0.717, 1.165) is 19.5 Å². The van der Waals surface area contributed by atoms with Crippen molar-refractivity contribution in [2.75, 3.05) is 19.6 Å². The SMILES string of the molecule is NCCCN(CCC(=O)NC(N)=O)Cc1ccccc1. The number of nitrogens with two attached hydrogens (primary N) is 2. The molecule has 110 valence electrons. The molecule has 5 N–H and O–H groups in total. The van der Waals surface area contributed by atoms with E-state index < -0.39 is 6.03 Å². The van der Waals surface area contributed by atoms with Crippen LogP contribution in [0.4, 0.5) is 4.79 Å². The lowest BCUT2D eigenvalue weighted by atomic mass is 10.2. The van der Waals surface area contributed by atoms with Crippen LogP contribution in [0.2, 0.25) is 0 Å². The zero-order valence-electron chi connectivity index (χ0n) is 11.5. The van der Waals surface area contributed by atoms with E-state index in [1.165, 1.54) is 5.56 Å². The van der Waals surface area contributed by atoms with Gasteiger partial charge in [0.2, 0.25) is 5.91 Å². The smallest absolute Gasteiger partial charge is 0.318 e. The van der Waals surface area contributed by atoms with Gasteiger partial charge in [0.05, 0.1) is 0 Å². The Kier molecular flexibility index (Phi) is 7.31. The highest BCUT2D eigenvalue weighted by atomic mass is 16.2. The van der Waals surface area contributed by atoms with Gasteiger partial charge < -0.3 is 11.5 Å². The van der Waals surface area contributed by atoms with Gasteiger partial charge in [0.1, 0.15) is 0 Å². The molecule has 0 radical (unpaired) electrons. The van der Waals surface area contributed by atoms with E-state index >= 15 is 0 Å². The van der Waals surface area contributed by atoms with Crippen molar-refractivity contribution in [2.45, 2.75) is 19.4 Å². The molecule has 6 nitrogen and oxygen atoms in total. The van der Waals surface area contributed by atoms with Gasteiger partial charge in [-0.3, -0.25) is 15.0 Å². The summed E-state index contributed by atoms with van der Waals surface area (Å²) in [5.74, 6) is -0.358. The fourth-order valence-electron chi connectivity index (χ4n) is 1.89. The van der Waals surface area contributed by atoms with Gasteiger partial charge in [-0.2, -0.15) is 0 Å². The van der Waals surface area contributed by atoms with Crippen molar-refractivity contribution in [3.63, 3.8) is 0 Å². The molecule has 0 saturated heterocycles. The third-order valence-corrected chi connectivity index (χ3v) is 2.85. The van der Waals surface area contributed by atoms with Crippen molar-refractivity contribution in [2.24, 2.45) is 11.5 Å². The number of rotatable bonds is 8. The largest absolute Gasteiger partial charge is 0.351 e. The van der Waals surface area contributed by atoms with Crippen molar-refractivity contribution in [1.82, 2.24) is 10.2 Å². The van der Waals surface area contributed by atoms with Crippen molar-refractivity contribution in [1.29, 1.82) is 0 Å². The molecule has 0 fully saturated rings. The summed E-state index contributed by atoms with van der Waals surface area (Å²) in [6.45, 7) is 2.74. The first-order chi connectivity index (χ1) is 9.61. The lowest BCUT2D eigenvalue weighted by Gasteiger charge is -2.21. The van der Waals surface area contributed by atoms with E-state index in [2.05, 4.69) is 10.2 Å². The Balaban J connectivity index is 2.47. The zero-order valence-corrected chi connectivity index (χ0v) is 11.5. The summed E-state index contributed by atoms with van der Waals surface area (Å²) < 4.78 is 0. The summed E-state index contributed by atoms with van der Waals surface area (Å²) >= 11 is 0. The summed E-state index contributed by atoms with van der Waals surface area (Å²) in [6.07, 6.45) is 1.10. The maximum Gasteiger partial charge on any atom is 0.318 e. The molecule has 1 rings (SSSR count). The first kappa shape index (κ1) is 16.1. The maximum absolute atomic E-state index is 11.4. The van der Waals surface area contributed by atoms with Crippen LogP contribution in [-0.4, -0.2) is 36.5 Å². The molecule has 0 heterocycles. The van der Waals surface area contributed by atoms with Gasteiger partial charge in [-0.1, -0.05) is 30.3 Å². The molecule has 0 aliphatic rings. The standard InChI is InChI=1S/C14H22N4O2/c15-8-4-9-18(10-7-13(19)17-14(16)20)11-12-5-2-1-3-6-12/h1-3,5-6H,4,7-11,15H2,(H3,16,17,19,20). The summed E-state index contributed by atoms with van der Waals surface area (Å²) in [4.78, 5) is 24.1. The van der Waals surface area contributed by atoms with Gasteiger partial charge in [0, 0.05) is 19.5 Å². The highest BCUT2D eigenvalue weighted by Crippen LogP contribution is 2.05. The molecule has 0 atom stereocenters. The van der Waals surface area contributed by atoms with Gasteiger partial charge >= 0.3 is 6.03 Å². The minimum Gasteiger partial charge on any atom is -0.351 e. The number of carbonyl (C=O) groups excluding carboxylic acids is 2. The number of nitrogens with one attached hydrogen (secondary N) is 1. The number of primary amides is 1. The molecule has 1 aromatic carbocycles. The number of nitrogens with zero attached hydrogens (tertiary/aromatic N) is 1. The molecule has 3 amide bonds. The molecular weight excluding hydrogens is 256 g/mol. The fraction of sp³-hybridized carbons (Fsp3) is 0.429. The topological polar surface area (TPSA) is 101 Å². The van der Waals surface area contributed by atoms with Crippen LogP contribution in [0.25, 0.3) is 0 Å². The van der Waals surface area contributed by atoms with Crippen LogP contribution < -0.4 is 16.8 Å². The quantitative estimate of drug-likeness (QED) is 0.641. The van der Waals surface area contributed by atoms with Crippen molar-refractivity contribution in [3.05, 3.63) is 35.9 Å². The molecule has 0 saturated carbocycles. The lowest BCUT2D eigenvalue weighted by Crippen LogP contribution is -2.37. The maximum atomic E-state index is 11.4. The number of imide groups is 1. The Morgan fingerprint density at radius 2 is 1.85 bits per heavy atom. The summed E-state index contributed by atoms with van der Waals surface area (Å²) in [7, 11) is 0. The average Bonchev–Trinajstić information content (AvgIpc) is 2.42. The normalized spacial score (nSPS) is 10.5. The van der Waals surface area contributed by atoms with Crippen LogP contribution in [0.3, 0.4) is 0 Å². The second kappa shape index (κ2) is 9.06. The third kappa shape index (κ3) is 6.86. The summed E-state index contributed by atoms with van der Waals surface area (Å²) in [5, 5.41) is 2.07. The Morgan fingerprint density at radius 1 is 1.15 bits per heavy atom. The van der Waals surface area contributed by atoms with E-state index in [1.807, 2.05) is 30.3 Å². The number of benzene rings is 1. The molecule has 0 aliphatic carbocycles. The van der Waals surface area contributed by atoms with E-state index in [9.17, 15) is 9.59 Å². The number of hydrogen-bond donors (Lipinski definition) is 3. The molecule has 0 aromatic heterocycles. The monoisotopic (exact) mass is 278 g/mol. The second-order valence-electron chi connectivity index (χ2n) is 4.57. The average molecular weight is 278 g/mol. The van der Waals surface area contributed by atoms with Crippen molar-refractivity contribution in [3.8, 4) is 0 Å². The Hall–Kier alpha value is -1.92. The highest BCUT2D eigenvalue weighted by Gasteiger charge is 2.09. The lowest BCUT2D eigenvalue weighted by molar-refractivity contribution is -0.120. The molecular formula is C14H22N4O2. The van der Waals surface area contributed by atoms with E-state index in [-0.39, 0.29) is 12.3 Å². The fourth-order valence-corrected chi connectivity index (χ4v) is 1.89. The van der Waals surface area contributed by atoms with Gasteiger partial charge in [0.25, 0.3) is 0 Å². The number of hydrogen-bond acceptors (Lipinski definition) is 4. The highest BCUT2D eigenvalue weighted by molar-refractivity contribution is 5.93. The van der Waals surface area contributed by atoms with Gasteiger partial charge in [0.15, 0.2) is 0 Å². The van der Waals surface area contributed by atoms with Crippen LogP contribution in [0.5, 0.6) is 0 Å². The molecule has 0 bridgehead atoms. The predicted molar refractivity (Wildman–Crippen MR) is 77.7 cm³/mol. The second-order valence-corrected chi connectivity index (χ2v) is 4.57. The van der Waals surface area contributed by atoms with Crippen LogP contribution in [-0.2, 0) is 11.3 Å². The summed E-state index contributed by atoms with van der Waals surface area (Å²) in [6, 6.07) is 9.20. The van der Waals surface area contributed by atoms with E-state index in [4.69, 9.17) is 11.5 Å². The Labute approximate surface area is 119 Å². The molecule has 0 spiro atoms. The van der Waals surface area contributed by atoms with Crippen LogP contribution in [0.15, 0.2) is 30.3 Å². The predicted octanol–water partition coefficient (Wildman–Crippen LogP) is 0.422. The first-order valence-corrected chi connectivity index (χ1v) is 6.67. The van der Waals surface area contributed by atoms with Crippen LogP contribution in [0.1, 0.15) is 18.4 Å². The summed E-state index contributed by atoms with van der Waals surface area (Å²) in [5.41, 5.74) is 11.6. The van der Waals surface area contributed by atoms with Gasteiger partial charge in [-0.25, -0.2) is 4.79 Å². The molecule has 0 aliphatic heterocycles. The third-order valence-electron chi connectivity index (χ3n) is 2.85. The molecule has 20 heavy (non-hydrogen) atoms. The molecule has 6 heteroatoms. The van der Waals surface area contributed by atoms with Gasteiger partial charge in [-0.05, 0) is 25.1 Å². The van der Waals surface area contributed by atoms with Gasteiger partial charge in [-0.15, -0.1) is 0 Å². The number of urea groups is 1. The first-order valence-electron chi connectivity index (χ1n) is 6.67. The van der Waals surface area contributed by atoms with E-state index in [1.54, 1.807) is 0 Å². The molecule has 0 unspecified atom stereocenters. The minimum atomic E-state index is -0.813. The number of amides is 3. The Morgan fingerprint density at radius 3 is 2.45 bits per heavy atom. The zero-order chi connectivity index (χ0) is 14.8. The van der Waals surface area contributed by atoms with Crippen molar-refractivity contribution < 1.29 is 9.59 Å². The number of carbonyl (C=O) groups is 2. The minimum absolute atomic E-state index is 0.236. The van der Waals surface area contributed by atoms with Crippen LogP contribution in [0, 0.1) is 0 Å². The van der Waals surface area contributed by atoms with Crippen molar-refractivity contribution >= 4 is 11.9 Å².